The van der Waals surface area contributed by atoms with Crippen LogP contribution in [0, 0.1) is 23.5 Å². The first-order chi connectivity index (χ1) is 13.4. The monoisotopic (exact) mass is 390 g/mol. The Balaban J connectivity index is 1.52. The molecule has 1 fully saturated rings. The standard InChI is InChI=1S/C20H20F2N2O4/c1-27-17-6-3-11(7-18(17)28-2)10-23-19(25)13-9-14(13)20(26)24-16-5-4-12(21)8-15(16)22/h3-8,13-14H,9-10H2,1-2H3,(H,23,25)(H,24,26). The Hall–Kier alpha value is -3.16. The van der Waals surface area contributed by atoms with Gasteiger partial charge in [-0.15, -0.1) is 0 Å². The van der Waals surface area contributed by atoms with Crippen molar-refractivity contribution in [3.8, 4) is 11.5 Å². The van der Waals surface area contributed by atoms with E-state index in [1.54, 1.807) is 18.2 Å². The zero-order valence-electron chi connectivity index (χ0n) is 15.4. The fourth-order valence-corrected chi connectivity index (χ4v) is 2.90. The molecule has 3 rings (SSSR count). The molecule has 2 aromatic carbocycles. The van der Waals surface area contributed by atoms with Gasteiger partial charge in [0.25, 0.3) is 0 Å². The summed E-state index contributed by atoms with van der Waals surface area (Å²) in [5.74, 6) is -2.16. The van der Waals surface area contributed by atoms with Crippen LogP contribution in [-0.4, -0.2) is 26.0 Å². The fourth-order valence-electron chi connectivity index (χ4n) is 2.90. The van der Waals surface area contributed by atoms with Gasteiger partial charge in [0.15, 0.2) is 11.5 Å². The number of methoxy groups -OCH3 is 2. The molecule has 0 aromatic heterocycles. The van der Waals surface area contributed by atoms with Crippen LogP contribution in [-0.2, 0) is 16.1 Å². The van der Waals surface area contributed by atoms with Crippen molar-refractivity contribution in [2.24, 2.45) is 11.8 Å². The number of rotatable bonds is 7. The van der Waals surface area contributed by atoms with Gasteiger partial charge in [-0.3, -0.25) is 9.59 Å². The number of amides is 2. The third-order valence-electron chi connectivity index (χ3n) is 4.57. The number of anilines is 1. The Morgan fingerprint density at radius 3 is 2.39 bits per heavy atom. The van der Waals surface area contributed by atoms with Crippen molar-refractivity contribution in [1.29, 1.82) is 0 Å². The molecule has 6 nitrogen and oxygen atoms in total. The molecular formula is C20H20F2N2O4. The molecule has 0 saturated heterocycles. The second-order valence-corrected chi connectivity index (χ2v) is 6.47. The Kier molecular flexibility index (Phi) is 5.77. The summed E-state index contributed by atoms with van der Waals surface area (Å²) in [6, 6.07) is 8.19. The number of halogens is 2. The lowest BCUT2D eigenvalue weighted by molar-refractivity contribution is -0.125. The number of hydrogen-bond donors (Lipinski definition) is 2. The molecule has 148 valence electrons. The maximum atomic E-state index is 13.6. The minimum Gasteiger partial charge on any atom is -0.493 e. The van der Waals surface area contributed by atoms with Gasteiger partial charge in [-0.1, -0.05) is 6.07 Å². The summed E-state index contributed by atoms with van der Waals surface area (Å²) in [6.45, 7) is 0.274. The van der Waals surface area contributed by atoms with Crippen LogP contribution in [0.5, 0.6) is 11.5 Å². The van der Waals surface area contributed by atoms with Crippen molar-refractivity contribution in [1.82, 2.24) is 5.32 Å². The van der Waals surface area contributed by atoms with Crippen molar-refractivity contribution in [3.05, 3.63) is 53.6 Å². The van der Waals surface area contributed by atoms with Crippen molar-refractivity contribution >= 4 is 17.5 Å². The molecule has 28 heavy (non-hydrogen) atoms. The molecule has 2 amide bonds. The van der Waals surface area contributed by atoms with E-state index in [4.69, 9.17) is 9.47 Å². The molecule has 2 aromatic rings. The highest BCUT2D eigenvalue weighted by Crippen LogP contribution is 2.39. The van der Waals surface area contributed by atoms with E-state index in [1.165, 1.54) is 14.2 Å². The number of carbonyl (C=O) groups is 2. The molecule has 1 saturated carbocycles. The maximum Gasteiger partial charge on any atom is 0.228 e. The Labute approximate surface area is 160 Å². The van der Waals surface area contributed by atoms with Gasteiger partial charge in [0.1, 0.15) is 11.6 Å². The second kappa shape index (κ2) is 8.24. The van der Waals surface area contributed by atoms with E-state index in [1.807, 2.05) is 0 Å². The van der Waals surface area contributed by atoms with Crippen molar-refractivity contribution in [2.75, 3.05) is 19.5 Å². The Bertz CT molecular complexity index is 904. The molecule has 8 heteroatoms. The summed E-state index contributed by atoms with van der Waals surface area (Å²) < 4.78 is 36.9. The van der Waals surface area contributed by atoms with E-state index in [0.717, 1.165) is 17.7 Å². The van der Waals surface area contributed by atoms with Gasteiger partial charge in [0.05, 0.1) is 31.7 Å². The van der Waals surface area contributed by atoms with Gasteiger partial charge < -0.3 is 20.1 Å². The largest absolute Gasteiger partial charge is 0.493 e. The molecule has 2 atom stereocenters. The molecule has 0 heterocycles. The van der Waals surface area contributed by atoms with E-state index in [9.17, 15) is 18.4 Å². The zero-order valence-corrected chi connectivity index (χ0v) is 15.4. The van der Waals surface area contributed by atoms with E-state index in [2.05, 4.69) is 10.6 Å². The number of nitrogens with one attached hydrogen (secondary N) is 2. The van der Waals surface area contributed by atoms with Crippen LogP contribution in [0.3, 0.4) is 0 Å². The lowest BCUT2D eigenvalue weighted by Gasteiger charge is -2.10. The SMILES string of the molecule is COc1ccc(CNC(=O)C2CC2C(=O)Nc2ccc(F)cc2F)cc1OC. The van der Waals surface area contributed by atoms with Crippen LogP contribution >= 0.6 is 0 Å². The van der Waals surface area contributed by atoms with Crippen LogP contribution in [0.25, 0.3) is 0 Å². The topological polar surface area (TPSA) is 76.7 Å². The van der Waals surface area contributed by atoms with Crippen LogP contribution in [0.15, 0.2) is 36.4 Å². The lowest BCUT2D eigenvalue weighted by atomic mass is 10.2. The molecular weight excluding hydrogens is 370 g/mol. The average molecular weight is 390 g/mol. The Morgan fingerprint density at radius 2 is 1.71 bits per heavy atom. The normalized spacial score (nSPS) is 17.6. The Morgan fingerprint density at radius 1 is 1.00 bits per heavy atom. The predicted octanol–water partition coefficient (Wildman–Crippen LogP) is 2.87. The van der Waals surface area contributed by atoms with Gasteiger partial charge in [-0.05, 0) is 36.2 Å². The van der Waals surface area contributed by atoms with Gasteiger partial charge in [0.2, 0.25) is 11.8 Å². The minimum atomic E-state index is -0.858. The highest BCUT2D eigenvalue weighted by molar-refractivity contribution is 5.99. The van der Waals surface area contributed by atoms with Gasteiger partial charge in [0, 0.05) is 12.6 Å². The third-order valence-corrected chi connectivity index (χ3v) is 4.57. The molecule has 2 unspecified atom stereocenters. The summed E-state index contributed by atoms with van der Waals surface area (Å²) in [4.78, 5) is 24.4. The first-order valence-corrected chi connectivity index (χ1v) is 8.67. The van der Waals surface area contributed by atoms with E-state index in [0.29, 0.717) is 24.0 Å². The lowest BCUT2D eigenvalue weighted by Crippen LogP contribution is -2.27. The van der Waals surface area contributed by atoms with Crippen molar-refractivity contribution in [3.63, 3.8) is 0 Å². The molecule has 1 aliphatic rings. The van der Waals surface area contributed by atoms with Crippen LogP contribution < -0.4 is 20.1 Å². The van der Waals surface area contributed by atoms with Gasteiger partial charge in [-0.2, -0.15) is 0 Å². The number of benzene rings is 2. The molecule has 0 aliphatic heterocycles. The quantitative estimate of drug-likeness (QED) is 0.762. The molecule has 0 bridgehead atoms. The molecule has 0 radical (unpaired) electrons. The summed E-state index contributed by atoms with van der Waals surface area (Å²) in [7, 11) is 3.06. The zero-order chi connectivity index (χ0) is 20.3. The fraction of sp³-hybridized carbons (Fsp3) is 0.300. The molecule has 2 N–H and O–H groups in total. The highest BCUT2D eigenvalue weighted by atomic mass is 19.1. The maximum absolute atomic E-state index is 13.6. The van der Waals surface area contributed by atoms with E-state index in [-0.39, 0.29) is 18.1 Å². The number of hydrogen-bond acceptors (Lipinski definition) is 4. The number of carbonyl (C=O) groups excluding carboxylic acids is 2. The number of ether oxygens (including phenoxy) is 2. The first-order valence-electron chi connectivity index (χ1n) is 8.67. The summed E-state index contributed by atoms with van der Waals surface area (Å²) >= 11 is 0. The second-order valence-electron chi connectivity index (χ2n) is 6.47. The predicted molar refractivity (Wildman–Crippen MR) is 98.0 cm³/mol. The minimum absolute atomic E-state index is 0.109. The summed E-state index contributed by atoms with van der Waals surface area (Å²) in [6.07, 6.45) is 0.381. The van der Waals surface area contributed by atoms with Crippen LogP contribution in [0.2, 0.25) is 0 Å². The van der Waals surface area contributed by atoms with Gasteiger partial charge in [-0.25, -0.2) is 8.78 Å². The third kappa shape index (κ3) is 4.39. The van der Waals surface area contributed by atoms with Crippen LogP contribution in [0.4, 0.5) is 14.5 Å². The van der Waals surface area contributed by atoms with Crippen molar-refractivity contribution in [2.45, 2.75) is 13.0 Å². The highest BCUT2D eigenvalue weighted by Gasteiger charge is 2.48. The smallest absolute Gasteiger partial charge is 0.228 e. The first kappa shape index (κ1) is 19.6. The van der Waals surface area contributed by atoms with Crippen molar-refractivity contribution < 1.29 is 27.8 Å². The van der Waals surface area contributed by atoms with E-state index >= 15 is 0 Å². The molecule has 0 spiro atoms. The average Bonchev–Trinajstić information content (AvgIpc) is 3.49. The summed E-state index contributed by atoms with van der Waals surface area (Å²) in [5.41, 5.74) is 0.712. The van der Waals surface area contributed by atoms with E-state index < -0.39 is 29.4 Å². The molecule has 1 aliphatic carbocycles. The summed E-state index contributed by atoms with van der Waals surface area (Å²) in [5, 5.41) is 5.17. The van der Waals surface area contributed by atoms with Gasteiger partial charge >= 0.3 is 0 Å². The van der Waals surface area contributed by atoms with Crippen LogP contribution in [0.1, 0.15) is 12.0 Å².